The third-order valence-electron chi connectivity index (χ3n) is 5.00. The molecular formula is C23H24N2O5. The number of carbonyl (C=O) groups is 3. The van der Waals surface area contributed by atoms with Gasteiger partial charge in [0.15, 0.2) is 6.61 Å². The normalized spacial score (nSPS) is 11.7. The Balaban J connectivity index is 1.63. The second kappa shape index (κ2) is 9.26. The van der Waals surface area contributed by atoms with Gasteiger partial charge in [-0.25, -0.2) is 9.59 Å². The molecule has 0 saturated heterocycles. The van der Waals surface area contributed by atoms with Gasteiger partial charge in [0.25, 0.3) is 5.91 Å². The van der Waals surface area contributed by atoms with Crippen molar-refractivity contribution >= 4 is 28.7 Å². The van der Waals surface area contributed by atoms with Gasteiger partial charge in [0.1, 0.15) is 6.04 Å². The molecule has 0 fully saturated rings. The number of para-hydroxylation sites is 1. The Hall–Kier alpha value is -3.61. The van der Waals surface area contributed by atoms with Crippen LogP contribution in [-0.2, 0) is 25.5 Å². The van der Waals surface area contributed by atoms with E-state index in [4.69, 9.17) is 9.47 Å². The summed E-state index contributed by atoms with van der Waals surface area (Å²) in [5.74, 6) is -1.75. The third-order valence-corrected chi connectivity index (χ3v) is 5.00. The van der Waals surface area contributed by atoms with E-state index in [2.05, 4.69) is 10.3 Å². The minimum Gasteiger partial charge on any atom is -0.467 e. The monoisotopic (exact) mass is 408 g/mol. The summed E-state index contributed by atoms with van der Waals surface area (Å²) in [4.78, 5) is 39.8. The van der Waals surface area contributed by atoms with E-state index < -0.39 is 30.5 Å². The van der Waals surface area contributed by atoms with E-state index in [-0.39, 0.29) is 6.42 Å². The number of carbonyl (C=O) groups excluding carboxylic acids is 3. The van der Waals surface area contributed by atoms with Crippen molar-refractivity contribution in [1.82, 2.24) is 10.3 Å². The lowest BCUT2D eigenvalue weighted by atomic mass is 10.0. The molecule has 156 valence electrons. The number of hydrogen-bond donors (Lipinski definition) is 2. The molecule has 0 unspecified atom stereocenters. The lowest BCUT2D eigenvalue weighted by Gasteiger charge is -2.16. The molecule has 0 spiro atoms. The fourth-order valence-electron chi connectivity index (χ4n) is 3.17. The van der Waals surface area contributed by atoms with Crippen molar-refractivity contribution in [3.8, 4) is 0 Å². The molecule has 7 heteroatoms. The van der Waals surface area contributed by atoms with Gasteiger partial charge < -0.3 is 19.8 Å². The molecule has 0 radical (unpaired) electrons. The van der Waals surface area contributed by atoms with Crippen molar-refractivity contribution in [3.05, 3.63) is 70.9 Å². The summed E-state index contributed by atoms with van der Waals surface area (Å²) < 4.78 is 9.92. The highest BCUT2D eigenvalue weighted by Gasteiger charge is 2.24. The zero-order valence-corrected chi connectivity index (χ0v) is 17.2. The van der Waals surface area contributed by atoms with Crippen molar-refractivity contribution in [2.45, 2.75) is 26.3 Å². The van der Waals surface area contributed by atoms with E-state index in [1.165, 1.54) is 7.11 Å². The summed E-state index contributed by atoms with van der Waals surface area (Å²) >= 11 is 0. The van der Waals surface area contributed by atoms with E-state index in [0.29, 0.717) is 5.56 Å². The lowest BCUT2D eigenvalue weighted by molar-refractivity contribution is -0.145. The number of nitrogens with one attached hydrogen (secondary N) is 2. The highest BCUT2D eigenvalue weighted by Crippen LogP contribution is 2.19. The van der Waals surface area contributed by atoms with Gasteiger partial charge in [0.05, 0.1) is 12.7 Å². The van der Waals surface area contributed by atoms with E-state index in [1.54, 1.807) is 18.3 Å². The average molecular weight is 408 g/mol. The summed E-state index contributed by atoms with van der Waals surface area (Å²) in [7, 11) is 1.26. The minimum atomic E-state index is -0.901. The number of rotatable bonds is 7. The van der Waals surface area contributed by atoms with Crippen LogP contribution in [-0.4, -0.2) is 42.6 Å². The largest absolute Gasteiger partial charge is 0.467 e. The zero-order valence-electron chi connectivity index (χ0n) is 17.2. The quantitative estimate of drug-likeness (QED) is 0.586. The van der Waals surface area contributed by atoms with Gasteiger partial charge in [0.2, 0.25) is 0 Å². The molecule has 1 amide bonds. The Kier molecular flexibility index (Phi) is 6.51. The van der Waals surface area contributed by atoms with Gasteiger partial charge in [-0.15, -0.1) is 0 Å². The van der Waals surface area contributed by atoms with Gasteiger partial charge in [-0.1, -0.05) is 24.3 Å². The first-order valence-corrected chi connectivity index (χ1v) is 9.55. The predicted octanol–water partition coefficient (Wildman–Crippen LogP) is 2.84. The van der Waals surface area contributed by atoms with E-state index in [9.17, 15) is 14.4 Å². The van der Waals surface area contributed by atoms with Crippen LogP contribution in [0.2, 0.25) is 0 Å². The van der Waals surface area contributed by atoms with Crippen molar-refractivity contribution < 1.29 is 23.9 Å². The Bertz CT molecular complexity index is 1090. The van der Waals surface area contributed by atoms with Crippen LogP contribution in [0, 0.1) is 13.8 Å². The predicted molar refractivity (Wildman–Crippen MR) is 112 cm³/mol. The molecule has 2 aromatic carbocycles. The molecule has 2 N–H and O–H groups in total. The standard InChI is InChI=1S/C23H24N2O5/c1-14-8-9-16(10-15(14)2)22(27)30-13-21(26)25-20(23(28)29-3)11-17-12-24-19-7-5-4-6-18(17)19/h4-10,12,20,24H,11,13H2,1-3H3,(H,25,26)/t20-/m0/s1. The fourth-order valence-corrected chi connectivity index (χ4v) is 3.17. The SMILES string of the molecule is COC(=O)[C@H](Cc1c[nH]c2ccccc12)NC(=O)COC(=O)c1ccc(C)c(C)c1. The maximum Gasteiger partial charge on any atom is 0.338 e. The molecule has 1 atom stereocenters. The number of benzene rings is 2. The van der Waals surface area contributed by atoms with Crippen molar-refractivity contribution in [3.63, 3.8) is 0 Å². The van der Waals surface area contributed by atoms with E-state index >= 15 is 0 Å². The van der Waals surface area contributed by atoms with Crippen LogP contribution in [0.15, 0.2) is 48.7 Å². The molecule has 1 aromatic heterocycles. The van der Waals surface area contributed by atoms with E-state index in [1.807, 2.05) is 44.2 Å². The Morgan fingerprint density at radius 1 is 1.07 bits per heavy atom. The average Bonchev–Trinajstić information content (AvgIpc) is 3.15. The molecule has 0 bridgehead atoms. The van der Waals surface area contributed by atoms with Gasteiger partial charge in [-0.3, -0.25) is 4.79 Å². The summed E-state index contributed by atoms with van der Waals surface area (Å²) in [5.41, 5.74) is 4.19. The smallest absolute Gasteiger partial charge is 0.338 e. The highest BCUT2D eigenvalue weighted by molar-refractivity contribution is 5.92. The summed E-state index contributed by atoms with van der Waals surface area (Å²) in [6, 6.07) is 12.0. The molecule has 0 aliphatic carbocycles. The van der Waals surface area contributed by atoms with E-state index in [0.717, 1.165) is 27.6 Å². The first-order chi connectivity index (χ1) is 14.4. The first kappa shape index (κ1) is 21.1. The topological polar surface area (TPSA) is 97.5 Å². The molecule has 30 heavy (non-hydrogen) atoms. The van der Waals surface area contributed by atoms with Crippen molar-refractivity contribution in [2.24, 2.45) is 0 Å². The van der Waals surface area contributed by atoms with Gasteiger partial charge in [0, 0.05) is 23.5 Å². The van der Waals surface area contributed by atoms with Crippen molar-refractivity contribution in [1.29, 1.82) is 0 Å². The number of H-pyrrole nitrogens is 1. The number of esters is 2. The number of hydrogen-bond acceptors (Lipinski definition) is 5. The summed E-state index contributed by atoms with van der Waals surface area (Å²) in [6.45, 7) is 3.34. The maximum atomic E-state index is 12.3. The van der Waals surface area contributed by atoms with Crippen LogP contribution in [0.3, 0.4) is 0 Å². The fraction of sp³-hybridized carbons (Fsp3) is 0.261. The third kappa shape index (κ3) is 4.86. The summed E-state index contributed by atoms with van der Waals surface area (Å²) in [6.07, 6.45) is 2.04. The van der Waals surface area contributed by atoms with Crippen molar-refractivity contribution in [2.75, 3.05) is 13.7 Å². The van der Waals surface area contributed by atoms with Crippen LogP contribution >= 0.6 is 0 Å². The molecule has 0 aliphatic rings. The molecule has 0 saturated carbocycles. The van der Waals surface area contributed by atoms with Crippen LogP contribution in [0.5, 0.6) is 0 Å². The van der Waals surface area contributed by atoms with Crippen LogP contribution in [0.25, 0.3) is 10.9 Å². The number of fused-ring (bicyclic) bond motifs is 1. The zero-order chi connectivity index (χ0) is 21.7. The van der Waals surface area contributed by atoms with Crippen LogP contribution < -0.4 is 5.32 Å². The Morgan fingerprint density at radius 2 is 1.83 bits per heavy atom. The van der Waals surface area contributed by atoms with Gasteiger partial charge >= 0.3 is 11.9 Å². The van der Waals surface area contributed by atoms with Gasteiger partial charge in [-0.05, 0) is 48.7 Å². The summed E-state index contributed by atoms with van der Waals surface area (Å²) in [5, 5.41) is 3.55. The second-order valence-electron chi connectivity index (χ2n) is 7.08. The first-order valence-electron chi connectivity index (χ1n) is 9.55. The number of ether oxygens (including phenoxy) is 2. The minimum absolute atomic E-state index is 0.244. The van der Waals surface area contributed by atoms with Crippen LogP contribution in [0.1, 0.15) is 27.0 Å². The number of aromatic nitrogens is 1. The molecular weight excluding hydrogens is 384 g/mol. The molecule has 7 nitrogen and oxygen atoms in total. The second-order valence-corrected chi connectivity index (χ2v) is 7.08. The lowest BCUT2D eigenvalue weighted by Crippen LogP contribution is -2.44. The Labute approximate surface area is 174 Å². The Morgan fingerprint density at radius 3 is 2.57 bits per heavy atom. The molecule has 0 aliphatic heterocycles. The van der Waals surface area contributed by atoms with Crippen LogP contribution in [0.4, 0.5) is 0 Å². The number of amides is 1. The molecule has 3 aromatic rings. The molecule has 3 rings (SSSR count). The number of methoxy groups -OCH3 is 1. The number of aromatic amines is 1. The molecule has 1 heterocycles. The highest BCUT2D eigenvalue weighted by atomic mass is 16.5. The maximum absolute atomic E-state index is 12.3. The van der Waals surface area contributed by atoms with Gasteiger partial charge in [-0.2, -0.15) is 0 Å². The number of aryl methyl sites for hydroxylation is 2.